The van der Waals surface area contributed by atoms with Crippen LogP contribution in [-0.2, 0) is 16.1 Å². The van der Waals surface area contributed by atoms with Crippen LogP contribution in [-0.4, -0.2) is 52.2 Å². The van der Waals surface area contributed by atoms with Crippen molar-refractivity contribution in [3.05, 3.63) is 60.2 Å². The van der Waals surface area contributed by atoms with Gasteiger partial charge >= 0.3 is 0 Å². The van der Waals surface area contributed by atoms with Crippen LogP contribution < -0.4 is 0 Å². The summed E-state index contributed by atoms with van der Waals surface area (Å²) in [5.41, 5.74) is 0.846. The number of aromatic nitrogens is 2. The molecule has 0 N–H and O–H groups in total. The predicted octanol–water partition coefficient (Wildman–Crippen LogP) is 2.46. The van der Waals surface area contributed by atoms with E-state index >= 15 is 0 Å². The highest BCUT2D eigenvalue weighted by Gasteiger charge is 2.48. The number of amides is 1. The average Bonchev–Trinajstić information content (AvgIpc) is 3.17. The Bertz CT molecular complexity index is 732. The first-order chi connectivity index (χ1) is 12.8. The third-order valence-corrected chi connectivity index (χ3v) is 5.25. The van der Waals surface area contributed by atoms with Gasteiger partial charge in [-0.3, -0.25) is 4.79 Å². The number of hydrogen-bond acceptors (Lipinski definition) is 5. The number of ether oxygens (including phenoxy) is 2. The van der Waals surface area contributed by atoms with E-state index < -0.39 is 0 Å². The summed E-state index contributed by atoms with van der Waals surface area (Å²) in [5, 5.41) is 0. The molecule has 2 aliphatic heterocycles. The first kappa shape index (κ1) is 17.1. The second kappa shape index (κ2) is 7.51. The van der Waals surface area contributed by atoms with Gasteiger partial charge in [-0.1, -0.05) is 30.3 Å². The Morgan fingerprint density at radius 1 is 1.19 bits per heavy atom. The second-order valence-electron chi connectivity index (χ2n) is 6.88. The molecule has 26 heavy (non-hydrogen) atoms. The molecule has 3 heterocycles. The Morgan fingerprint density at radius 3 is 2.73 bits per heavy atom. The van der Waals surface area contributed by atoms with Crippen molar-refractivity contribution in [2.75, 3.05) is 19.7 Å². The molecule has 6 heteroatoms. The third kappa shape index (κ3) is 3.48. The van der Waals surface area contributed by atoms with Gasteiger partial charge in [0.05, 0.1) is 18.8 Å². The van der Waals surface area contributed by atoms with Crippen molar-refractivity contribution >= 4 is 5.91 Å². The Hall–Kier alpha value is -2.31. The van der Waals surface area contributed by atoms with E-state index in [9.17, 15) is 4.79 Å². The molecule has 0 radical (unpaired) electrons. The smallest absolute Gasteiger partial charge is 0.291 e. The van der Waals surface area contributed by atoms with Crippen LogP contribution in [0.2, 0.25) is 0 Å². The summed E-state index contributed by atoms with van der Waals surface area (Å²) >= 11 is 0. The van der Waals surface area contributed by atoms with Crippen LogP contribution >= 0.6 is 0 Å². The van der Waals surface area contributed by atoms with E-state index in [1.54, 1.807) is 23.4 Å². The third-order valence-electron chi connectivity index (χ3n) is 5.25. The van der Waals surface area contributed by atoms with E-state index in [4.69, 9.17) is 9.47 Å². The summed E-state index contributed by atoms with van der Waals surface area (Å²) in [6.45, 7) is 2.42. The molecule has 1 amide bonds. The largest absolute Gasteiger partial charge is 0.372 e. The normalized spacial score (nSPS) is 25.5. The van der Waals surface area contributed by atoms with Crippen LogP contribution in [0.3, 0.4) is 0 Å². The zero-order valence-corrected chi connectivity index (χ0v) is 14.7. The second-order valence-corrected chi connectivity index (χ2v) is 6.88. The Labute approximate surface area is 153 Å². The lowest BCUT2D eigenvalue weighted by molar-refractivity contribution is -0.153. The first-order valence-corrected chi connectivity index (χ1v) is 9.13. The van der Waals surface area contributed by atoms with Crippen molar-refractivity contribution in [2.24, 2.45) is 0 Å². The number of carbonyl (C=O) groups excluding carboxylic acids is 1. The summed E-state index contributed by atoms with van der Waals surface area (Å²) in [6, 6.07) is 11.8. The lowest BCUT2D eigenvalue weighted by Crippen LogP contribution is -2.57. The molecule has 2 aromatic rings. The van der Waals surface area contributed by atoms with Gasteiger partial charge < -0.3 is 14.4 Å². The number of carbonyl (C=O) groups is 1. The van der Waals surface area contributed by atoms with Crippen LogP contribution in [0.1, 0.15) is 35.4 Å². The summed E-state index contributed by atoms with van der Waals surface area (Å²) in [4.78, 5) is 22.7. The maximum atomic E-state index is 12.7. The fraction of sp³-hybridized carbons (Fsp3) is 0.450. The highest BCUT2D eigenvalue weighted by atomic mass is 16.6. The van der Waals surface area contributed by atoms with Gasteiger partial charge in [0.1, 0.15) is 6.10 Å². The molecule has 2 atom stereocenters. The van der Waals surface area contributed by atoms with Gasteiger partial charge in [-0.2, -0.15) is 0 Å². The quantitative estimate of drug-likeness (QED) is 0.845. The van der Waals surface area contributed by atoms with Gasteiger partial charge in [-0.25, -0.2) is 9.97 Å². The molecule has 2 fully saturated rings. The number of hydrogen-bond donors (Lipinski definition) is 0. The number of rotatable bonds is 4. The minimum absolute atomic E-state index is 0.147. The Morgan fingerprint density at radius 2 is 2.00 bits per heavy atom. The number of piperidine rings is 1. The molecule has 1 spiro atoms. The zero-order valence-electron chi connectivity index (χ0n) is 14.7. The number of benzene rings is 1. The van der Waals surface area contributed by atoms with Crippen LogP contribution in [0.25, 0.3) is 0 Å². The van der Waals surface area contributed by atoms with Crippen molar-refractivity contribution in [1.82, 2.24) is 14.9 Å². The molecule has 2 saturated heterocycles. The standard InChI is InChI=1S/C20H23N3O3/c24-19(18-21-10-5-11-22-18)23-12-9-20(8-4-13-26-20)17(14-23)25-15-16-6-2-1-3-7-16/h1-3,5-7,10-11,17H,4,8-9,12-15H2/t17-,20-/m0/s1. The highest BCUT2D eigenvalue weighted by molar-refractivity contribution is 5.90. The minimum atomic E-state index is -0.275. The molecule has 6 nitrogen and oxygen atoms in total. The fourth-order valence-electron chi connectivity index (χ4n) is 3.82. The molecule has 0 unspecified atom stereocenters. The zero-order chi connectivity index (χ0) is 17.8. The van der Waals surface area contributed by atoms with Gasteiger partial charge in [-0.05, 0) is 30.9 Å². The maximum Gasteiger partial charge on any atom is 0.291 e. The number of likely N-dealkylation sites (tertiary alicyclic amines) is 1. The number of nitrogens with zero attached hydrogens (tertiary/aromatic N) is 3. The lowest BCUT2D eigenvalue weighted by atomic mass is 9.85. The lowest BCUT2D eigenvalue weighted by Gasteiger charge is -2.44. The molecule has 4 rings (SSSR count). The van der Waals surface area contributed by atoms with Crippen molar-refractivity contribution in [1.29, 1.82) is 0 Å². The van der Waals surface area contributed by atoms with E-state index in [0.29, 0.717) is 19.7 Å². The van der Waals surface area contributed by atoms with Gasteiger partial charge in [0, 0.05) is 25.5 Å². The van der Waals surface area contributed by atoms with E-state index in [1.807, 2.05) is 30.3 Å². The van der Waals surface area contributed by atoms with Crippen LogP contribution in [0.5, 0.6) is 0 Å². The van der Waals surface area contributed by atoms with Crippen molar-refractivity contribution in [3.63, 3.8) is 0 Å². The average molecular weight is 353 g/mol. The summed E-state index contributed by atoms with van der Waals surface area (Å²) in [5.74, 6) is 0.0874. The molecule has 1 aromatic carbocycles. The van der Waals surface area contributed by atoms with Gasteiger partial charge in [-0.15, -0.1) is 0 Å². The van der Waals surface area contributed by atoms with Crippen molar-refractivity contribution in [2.45, 2.75) is 37.6 Å². The molecule has 0 bridgehead atoms. The molecular weight excluding hydrogens is 330 g/mol. The Balaban J connectivity index is 1.48. The van der Waals surface area contributed by atoms with Gasteiger partial charge in [0.2, 0.25) is 5.82 Å². The molecule has 0 saturated carbocycles. The van der Waals surface area contributed by atoms with E-state index in [2.05, 4.69) is 9.97 Å². The van der Waals surface area contributed by atoms with Crippen LogP contribution in [0, 0.1) is 0 Å². The van der Waals surface area contributed by atoms with Gasteiger partial charge in [0.15, 0.2) is 0 Å². The SMILES string of the molecule is O=C(c1ncccn1)N1CC[C@@]2(CCCO2)[C@@H](OCc2ccccc2)C1. The van der Waals surface area contributed by atoms with E-state index in [0.717, 1.165) is 31.4 Å². The predicted molar refractivity (Wildman–Crippen MR) is 95.5 cm³/mol. The van der Waals surface area contributed by atoms with Crippen LogP contribution in [0.4, 0.5) is 0 Å². The summed E-state index contributed by atoms with van der Waals surface area (Å²) < 4.78 is 12.4. The van der Waals surface area contributed by atoms with E-state index in [-0.39, 0.29) is 23.4 Å². The first-order valence-electron chi connectivity index (χ1n) is 9.13. The molecular formula is C20H23N3O3. The molecule has 1 aromatic heterocycles. The molecule has 0 aliphatic carbocycles. The topological polar surface area (TPSA) is 64.6 Å². The van der Waals surface area contributed by atoms with Crippen molar-refractivity contribution < 1.29 is 14.3 Å². The van der Waals surface area contributed by atoms with Crippen LogP contribution in [0.15, 0.2) is 48.8 Å². The summed E-state index contributed by atoms with van der Waals surface area (Å²) in [7, 11) is 0. The summed E-state index contributed by atoms with van der Waals surface area (Å²) in [6.07, 6.45) is 5.85. The monoisotopic (exact) mass is 353 g/mol. The maximum absolute atomic E-state index is 12.7. The minimum Gasteiger partial charge on any atom is -0.372 e. The highest BCUT2D eigenvalue weighted by Crippen LogP contribution is 2.38. The van der Waals surface area contributed by atoms with E-state index in [1.165, 1.54) is 0 Å². The molecule has 2 aliphatic rings. The van der Waals surface area contributed by atoms with Crippen molar-refractivity contribution in [3.8, 4) is 0 Å². The Kier molecular flexibility index (Phi) is 4.95. The fourth-order valence-corrected chi connectivity index (χ4v) is 3.82. The van der Waals surface area contributed by atoms with Gasteiger partial charge in [0.25, 0.3) is 5.91 Å². The molecule has 136 valence electrons.